The number of hydrogen-bond donors (Lipinski definition) is 1. The van der Waals surface area contributed by atoms with E-state index in [4.69, 9.17) is 15.0 Å². The number of aromatic nitrogens is 1. The van der Waals surface area contributed by atoms with E-state index in [0.717, 1.165) is 44.1 Å². The highest BCUT2D eigenvalue weighted by atomic mass is 16.5. The molecule has 0 aromatic carbocycles. The molecule has 0 spiro atoms. The van der Waals surface area contributed by atoms with Gasteiger partial charge in [0.15, 0.2) is 5.76 Å². The van der Waals surface area contributed by atoms with Gasteiger partial charge in [0.2, 0.25) is 0 Å². The van der Waals surface area contributed by atoms with Gasteiger partial charge < -0.3 is 15.0 Å². The van der Waals surface area contributed by atoms with Crippen LogP contribution >= 0.6 is 0 Å². The number of hydrogen-bond acceptors (Lipinski definition) is 5. The lowest BCUT2D eigenvalue weighted by Crippen LogP contribution is -2.41. The van der Waals surface area contributed by atoms with Crippen LogP contribution in [0, 0.1) is 0 Å². The van der Waals surface area contributed by atoms with E-state index in [-0.39, 0.29) is 0 Å². The summed E-state index contributed by atoms with van der Waals surface area (Å²) in [5, 5.41) is 3.88. The first kappa shape index (κ1) is 11.6. The predicted octanol–water partition coefficient (Wildman–Crippen LogP) is 0.744. The summed E-state index contributed by atoms with van der Waals surface area (Å²) in [7, 11) is 0. The van der Waals surface area contributed by atoms with Crippen molar-refractivity contribution in [3.63, 3.8) is 0 Å². The number of ether oxygens (including phenoxy) is 1. The van der Waals surface area contributed by atoms with E-state index in [9.17, 15) is 0 Å². The van der Waals surface area contributed by atoms with Gasteiger partial charge in [0.05, 0.1) is 24.9 Å². The van der Waals surface area contributed by atoms with E-state index in [1.807, 2.05) is 6.07 Å². The van der Waals surface area contributed by atoms with Crippen LogP contribution in [0.15, 0.2) is 10.6 Å². The van der Waals surface area contributed by atoms with Gasteiger partial charge in [0, 0.05) is 25.7 Å². The van der Waals surface area contributed by atoms with Gasteiger partial charge in [-0.25, -0.2) is 0 Å². The molecule has 5 heteroatoms. The van der Waals surface area contributed by atoms with Crippen LogP contribution in [0.4, 0.5) is 0 Å². The second-order valence-electron chi connectivity index (χ2n) is 4.12. The van der Waals surface area contributed by atoms with Crippen molar-refractivity contribution in [1.82, 2.24) is 10.1 Å². The zero-order valence-corrected chi connectivity index (χ0v) is 9.69. The maximum Gasteiger partial charge on any atom is 0.151 e. The summed E-state index contributed by atoms with van der Waals surface area (Å²) >= 11 is 0. The lowest BCUT2D eigenvalue weighted by Gasteiger charge is -2.31. The number of nitrogens with zero attached hydrogens (tertiary/aromatic N) is 2. The maximum atomic E-state index is 5.61. The van der Waals surface area contributed by atoms with E-state index in [0.29, 0.717) is 12.6 Å². The molecular weight excluding hydrogens is 206 g/mol. The summed E-state index contributed by atoms with van der Waals surface area (Å²) in [6, 6.07) is 1.93. The number of nitrogens with two attached hydrogens (primary N) is 1. The van der Waals surface area contributed by atoms with Crippen molar-refractivity contribution in [1.29, 1.82) is 0 Å². The van der Waals surface area contributed by atoms with Crippen molar-refractivity contribution < 1.29 is 9.26 Å². The minimum absolute atomic E-state index is 0.352. The zero-order chi connectivity index (χ0) is 11.4. The molecule has 2 heterocycles. The first-order valence-corrected chi connectivity index (χ1v) is 5.80. The molecule has 90 valence electrons. The fourth-order valence-corrected chi connectivity index (χ4v) is 1.92. The molecule has 16 heavy (non-hydrogen) atoms. The molecule has 1 aromatic heterocycles. The molecular formula is C11H19N3O2. The minimum atomic E-state index is 0.352. The van der Waals surface area contributed by atoms with E-state index >= 15 is 0 Å². The van der Waals surface area contributed by atoms with Crippen LogP contribution < -0.4 is 5.73 Å². The third-order valence-electron chi connectivity index (χ3n) is 2.87. The topological polar surface area (TPSA) is 64.5 Å². The summed E-state index contributed by atoms with van der Waals surface area (Å²) < 4.78 is 10.8. The van der Waals surface area contributed by atoms with Gasteiger partial charge >= 0.3 is 0 Å². The Morgan fingerprint density at radius 1 is 1.62 bits per heavy atom. The van der Waals surface area contributed by atoms with Crippen molar-refractivity contribution in [2.24, 2.45) is 5.73 Å². The molecule has 1 saturated heterocycles. The first-order chi connectivity index (χ1) is 7.81. The Labute approximate surface area is 95.5 Å². The zero-order valence-electron chi connectivity index (χ0n) is 9.69. The molecule has 1 aliphatic heterocycles. The van der Waals surface area contributed by atoms with E-state index in [2.05, 4.69) is 17.0 Å². The lowest BCUT2D eigenvalue weighted by atomic mass is 10.2. The summed E-state index contributed by atoms with van der Waals surface area (Å²) in [4.78, 5) is 2.33. The average molecular weight is 225 g/mol. The van der Waals surface area contributed by atoms with Crippen LogP contribution in [0.1, 0.15) is 24.8 Å². The van der Waals surface area contributed by atoms with Crippen LogP contribution in [0.5, 0.6) is 0 Å². The monoisotopic (exact) mass is 225 g/mol. The van der Waals surface area contributed by atoms with Gasteiger partial charge in [-0.3, -0.25) is 4.90 Å². The minimum Gasteiger partial charge on any atom is -0.376 e. The van der Waals surface area contributed by atoms with Gasteiger partial charge in [0.25, 0.3) is 0 Å². The van der Waals surface area contributed by atoms with Gasteiger partial charge in [0.1, 0.15) is 0 Å². The molecule has 1 atom stereocenters. The molecule has 1 aliphatic rings. The number of rotatable bonds is 4. The van der Waals surface area contributed by atoms with Crippen molar-refractivity contribution in [2.75, 3.05) is 19.7 Å². The summed E-state index contributed by atoms with van der Waals surface area (Å²) in [6.07, 6.45) is 1.41. The molecule has 2 rings (SSSR count). The molecule has 0 saturated carbocycles. The van der Waals surface area contributed by atoms with Crippen LogP contribution in [-0.2, 0) is 17.8 Å². The molecule has 5 nitrogen and oxygen atoms in total. The van der Waals surface area contributed by atoms with Crippen LogP contribution in [0.3, 0.4) is 0 Å². The molecule has 2 N–H and O–H groups in total. The second-order valence-corrected chi connectivity index (χ2v) is 4.12. The van der Waals surface area contributed by atoms with Gasteiger partial charge in [-0.15, -0.1) is 0 Å². The highest BCUT2D eigenvalue weighted by Gasteiger charge is 2.20. The van der Waals surface area contributed by atoms with Crippen molar-refractivity contribution >= 4 is 0 Å². The third-order valence-corrected chi connectivity index (χ3v) is 2.87. The lowest BCUT2D eigenvalue weighted by molar-refractivity contribution is -0.0346. The van der Waals surface area contributed by atoms with Gasteiger partial charge in [-0.1, -0.05) is 12.1 Å². The largest absolute Gasteiger partial charge is 0.376 e. The second kappa shape index (κ2) is 5.43. The molecule has 0 radical (unpaired) electrons. The highest BCUT2D eigenvalue weighted by molar-refractivity contribution is 5.04. The molecule has 1 unspecified atom stereocenters. The molecule has 0 bridgehead atoms. The Balaban J connectivity index is 1.88. The van der Waals surface area contributed by atoms with E-state index < -0.39 is 0 Å². The smallest absolute Gasteiger partial charge is 0.151 e. The van der Waals surface area contributed by atoms with Crippen molar-refractivity contribution in [2.45, 2.75) is 32.5 Å². The predicted molar refractivity (Wildman–Crippen MR) is 59.7 cm³/mol. The van der Waals surface area contributed by atoms with E-state index in [1.165, 1.54) is 0 Å². The summed E-state index contributed by atoms with van der Waals surface area (Å²) in [5.41, 5.74) is 6.30. The Hall–Kier alpha value is -0.910. The summed E-state index contributed by atoms with van der Waals surface area (Å²) in [5.74, 6) is 0.886. The van der Waals surface area contributed by atoms with Gasteiger partial charge in [-0.05, 0) is 6.42 Å². The third kappa shape index (κ3) is 2.81. The first-order valence-electron chi connectivity index (χ1n) is 5.80. The SMILES string of the molecule is CCC1CN(Cc2cc(CN)no2)CCO1. The van der Waals surface area contributed by atoms with Crippen LogP contribution in [0.25, 0.3) is 0 Å². The van der Waals surface area contributed by atoms with Crippen LogP contribution in [0.2, 0.25) is 0 Å². The summed E-state index contributed by atoms with van der Waals surface area (Å²) in [6.45, 7) is 6.10. The Kier molecular flexibility index (Phi) is 3.93. The maximum absolute atomic E-state index is 5.61. The number of morpholine rings is 1. The van der Waals surface area contributed by atoms with Gasteiger partial charge in [-0.2, -0.15) is 0 Å². The molecule has 1 aromatic rings. The molecule has 0 aliphatic carbocycles. The van der Waals surface area contributed by atoms with E-state index in [1.54, 1.807) is 0 Å². The Morgan fingerprint density at radius 3 is 3.19 bits per heavy atom. The van der Waals surface area contributed by atoms with Crippen LogP contribution in [-0.4, -0.2) is 35.9 Å². The normalized spacial score (nSPS) is 22.5. The average Bonchev–Trinajstić information content (AvgIpc) is 2.77. The Bertz CT molecular complexity index is 327. The highest BCUT2D eigenvalue weighted by Crippen LogP contribution is 2.12. The molecule has 1 fully saturated rings. The van der Waals surface area contributed by atoms with Crippen molar-refractivity contribution in [3.05, 3.63) is 17.5 Å². The quantitative estimate of drug-likeness (QED) is 0.819. The van der Waals surface area contributed by atoms with Crippen molar-refractivity contribution in [3.8, 4) is 0 Å². The fourth-order valence-electron chi connectivity index (χ4n) is 1.92. The fraction of sp³-hybridized carbons (Fsp3) is 0.727. The Morgan fingerprint density at radius 2 is 2.50 bits per heavy atom. The standard InChI is InChI=1S/C11H19N3O2/c1-2-10-7-14(3-4-15-10)8-11-5-9(6-12)13-16-11/h5,10H,2-4,6-8,12H2,1H3. The molecule has 0 amide bonds.